The van der Waals surface area contributed by atoms with Crippen LogP contribution in [0.1, 0.15) is 18.1 Å². The van der Waals surface area contributed by atoms with Gasteiger partial charge in [0, 0.05) is 10.6 Å². The molecular weight excluding hydrogens is 190 g/mol. The molecule has 0 heterocycles. The Bertz CT molecular complexity index is 291. The lowest BCUT2D eigenvalue weighted by atomic mass is 10.1. The molecule has 0 fully saturated rings. The zero-order valence-electron chi connectivity index (χ0n) is 7.07. The minimum Gasteiger partial charge on any atom is -0.508 e. The molecule has 0 aliphatic heterocycles. The zero-order chi connectivity index (χ0) is 9.84. The smallest absolute Gasteiger partial charge is 0.121 e. The van der Waals surface area contributed by atoms with E-state index in [-0.39, 0.29) is 5.75 Å². The first-order valence-corrected chi connectivity index (χ1v) is 4.39. The molecule has 1 aromatic carbocycles. The fraction of sp³-hybridized carbons (Fsp3) is 0.333. The topological polar surface area (TPSA) is 66.5 Å². The van der Waals surface area contributed by atoms with Gasteiger partial charge in [-0.05, 0) is 31.2 Å². The molecule has 0 aromatic heterocycles. The molecule has 1 rings (SSSR count). The van der Waals surface area contributed by atoms with E-state index in [9.17, 15) is 10.2 Å². The molecular formula is C9H12ClNO2. The summed E-state index contributed by atoms with van der Waals surface area (Å²) in [4.78, 5) is 0. The van der Waals surface area contributed by atoms with Crippen molar-refractivity contribution in [3.63, 3.8) is 0 Å². The highest BCUT2D eigenvalue weighted by molar-refractivity contribution is 6.30. The van der Waals surface area contributed by atoms with Gasteiger partial charge in [0.2, 0.25) is 0 Å². The van der Waals surface area contributed by atoms with E-state index >= 15 is 0 Å². The van der Waals surface area contributed by atoms with Crippen LogP contribution in [0.4, 0.5) is 0 Å². The molecule has 4 N–H and O–H groups in total. The molecule has 1 atom stereocenters. The van der Waals surface area contributed by atoms with Crippen molar-refractivity contribution in [2.75, 3.05) is 6.54 Å². The third-order valence-corrected chi connectivity index (χ3v) is 2.02. The number of nitrogens with two attached hydrogens (primary N) is 1. The van der Waals surface area contributed by atoms with Gasteiger partial charge in [0.25, 0.3) is 0 Å². The maximum Gasteiger partial charge on any atom is 0.121 e. The fourth-order valence-electron chi connectivity index (χ4n) is 1.11. The zero-order valence-corrected chi connectivity index (χ0v) is 7.83. The van der Waals surface area contributed by atoms with E-state index < -0.39 is 6.10 Å². The Morgan fingerprint density at radius 2 is 2.15 bits per heavy atom. The van der Waals surface area contributed by atoms with Crippen molar-refractivity contribution in [1.29, 1.82) is 0 Å². The third kappa shape index (κ3) is 2.59. The molecule has 0 saturated heterocycles. The molecule has 0 amide bonds. The summed E-state index contributed by atoms with van der Waals surface area (Å²) in [5, 5.41) is 19.4. The molecule has 0 aliphatic rings. The molecule has 4 heteroatoms. The van der Waals surface area contributed by atoms with Crippen molar-refractivity contribution in [2.45, 2.75) is 12.5 Å². The number of aliphatic hydroxyl groups excluding tert-OH is 1. The van der Waals surface area contributed by atoms with Gasteiger partial charge in [-0.1, -0.05) is 11.6 Å². The van der Waals surface area contributed by atoms with E-state index in [0.29, 0.717) is 23.6 Å². The van der Waals surface area contributed by atoms with Gasteiger partial charge in [-0.2, -0.15) is 0 Å². The minimum absolute atomic E-state index is 0.0466. The van der Waals surface area contributed by atoms with Crippen LogP contribution in [-0.4, -0.2) is 16.8 Å². The molecule has 0 radical (unpaired) electrons. The lowest BCUT2D eigenvalue weighted by molar-refractivity contribution is 0.166. The van der Waals surface area contributed by atoms with Crippen molar-refractivity contribution < 1.29 is 10.2 Å². The van der Waals surface area contributed by atoms with Crippen LogP contribution in [0.25, 0.3) is 0 Å². The SMILES string of the molecule is NCC[C@H](O)c1cc(Cl)ccc1O. The van der Waals surface area contributed by atoms with E-state index in [0.717, 1.165) is 0 Å². The largest absolute Gasteiger partial charge is 0.508 e. The normalized spacial score (nSPS) is 12.8. The summed E-state index contributed by atoms with van der Waals surface area (Å²) >= 11 is 5.71. The van der Waals surface area contributed by atoms with E-state index in [1.165, 1.54) is 12.1 Å². The van der Waals surface area contributed by atoms with Crippen LogP contribution in [0.3, 0.4) is 0 Å². The number of benzene rings is 1. The van der Waals surface area contributed by atoms with Crippen molar-refractivity contribution in [1.82, 2.24) is 0 Å². The molecule has 0 bridgehead atoms. The third-order valence-electron chi connectivity index (χ3n) is 1.79. The van der Waals surface area contributed by atoms with Crippen LogP contribution >= 0.6 is 11.6 Å². The molecule has 13 heavy (non-hydrogen) atoms. The predicted molar refractivity (Wildman–Crippen MR) is 51.7 cm³/mol. The van der Waals surface area contributed by atoms with Crippen molar-refractivity contribution >= 4 is 11.6 Å². The summed E-state index contributed by atoms with van der Waals surface area (Å²) in [7, 11) is 0. The van der Waals surface area contributed by atoms with E-state index in [2.05, 4.69) is 0 Å². The second-order valence-electron chi connectivity index (χ2n) is 2.80. The van der Waals surface area contributed by atoms with Crippen LogP contribution < -0.4 is 5.73 Å². The molecule has 0 unspecified atom stereocenters. The van der Waals surface area contributed by atoms with Gasteiger partial charge < -0.3 is 15.9 Å². The fourth-order valence-corrected chi connectivity index (χ4v) is 1.29. The van der Waals surface area contributed by atoms with Crippen molar-refractivity contribution in [2.24, 2.45) is 5.73 Å². The number of hydrogen-bond acceptors (Lipinski definition) is 3. The predicted octanol–water partition coefficient (Wildman–Crippen LogP) is 1.43. The van der Waals surface area contributed by atoms with Gasteiger partial charge in [-0.25, -0.2) is 0 Å². The molecule has 3 nitrogen and oxygen atoms in total. The first-order valence-electron chi connectivity index (χ1n) is 4.01. The summed E-state index contributed by atoms with van der Waals surface area (Å²) in [6.07, 6.45) is -0.336. The Kier molecular flexibility index (Phi) is 3.54. The number of phenols is 1. The van der Waals surface area contributed by atoms with Crippen LogP contribution in [0, 0.1) is 0 Å². The lowest BCUT2D eigenvalue weighted by Gasteiger charge is -2.11. The highest BCUT2D eigenvalue weighted by Crippen LogP contribution is 2.28. The summed E-state index contributed by atoms with van der Waals surface area (Å²) in [5.74, 6) is 0.0466. The molecule has 0 saturated carbocycles. The Labute approximate surface area is 81.8 Å². The highest BCUT2D eigenvalue weighted by atomic mass is 35.5. The highest BCUT2D eigenvalue weighted by Gasteiger charge is 2.11. The number of rotatable bonds is 3. The van der Waals surface area contributed by atoms with Crippen LogP contribution in [0.2, 0.25) is 5.02 Å². The minimum atomic E-state index is -0.747. The Hall–Kier alpha value is -0.770. The van der Waals surface area contributed by atoms with Gasteiger partial charge in [0.1, 0.15) is 5.75 Å². The van der Waals surface area contributed by atoms with Gasteiger partial charge in [-0.15, -0.1) is 0 Å². The molecule has 1 aromatic rings. The molecule has 0 aliphatic carbocycles. The van der Waals surface area contributed by atoms with Gasteiger partial charge >= 0.3 is 0 Å². The maximum absolute atomic E-state index is 9.53. The van der Waals surface area contributed by atoms with Crippen LogP contribution in [-0.2, 0) is 0 Å². The Balaban J connectivity index is 2.91. The first-order chi connectivity index (χ1) is 6.15. The van der Waals surface area contributed by atoms with Gasteiger partial charge in [-0.3, -0.25) is 0 Å². The average molecular weight is 202 g/mol. The summed E-state index contributed by atoms with van der Waals surface area (Å²) in [6, 6.07) is 4.56. The number of aliphatic hydroxyl groups is 1. The second-order valence-corrected chi connectivity index (χ2v) is 3.23. The van der Waals surface area contributed by atoms with E-state index in [1.807, 2.05) is 0 Å². The average Bonchev–Trinajstić information content (AvgIpc) is 2.09. The number of phenolic OH excluding ortho intramolecular Hbond substituents is 1. The number of aromatic hydroxyl groups is 1. The van der Waals surface area contributed by atoms with E-state index in [1.54, 1.807) is 6.07 Å². The Morgan fingerprint density at radius 1 is 1.46 bits per heavy atom. The summed E-state index contributed by atoms with van der Waals surface area (Å²) < 4.78 is 0. The van der Waals surface area contributed by atoms with Gasteiger partial charge in [0.15, 0.2) is 0 Å². The lowest BCUT2D eigenvalue weighted by Crippen LogP contribution is -2.06. The number of halogens is 1. The van der Waals surface area contributed by atoms with Gasteiger partial charge in [0.05, 0.1) is 6.10 Å². The summed E-state index contributed by atoms with van der Waals surface area (Å²) in [5.41, 5.74) is 5.71. The van der Waals surface area contributed by atoms with Crippen molar-refractivity contribution in [3.8, 4) is 5.75 Å². The van der Waals surface area contributed by atoms with E-state index in [4.69, 9.17) is 17.3 Å². The molecule has 0 spiro atoms. The number of hydrogen-bond donors (Lipinski definition) is 3. The van der Waals surface area contributed by atoms with Crippen molar-refractivity contribution in [3.05, 3.63) is 28.8 Å². The molecule has 72 valence electrons. The quantitative estimate of drug-likeness (QED) is 0.693. The second kappa shape index (κ2) is 4.46. The van der Waals surface area contributed by atoms with Crippen LogP contribution in [0.15, 0.2) is 18.2 Å². The first kappa shape index (κ1) is 10.3. The van der Waals surface area contributed by atoms with Crippen LogP contribution in [0.5, 0.6) is 5.75 Å². The Morgan fingerprint density at radius 3 is 2.77 bits per heavy atom. The standard InChI is InChI=1S/C9H12ClNO2/c10-6-1-2-8(12)7(5-6)9(13)3-4-11/h1-2,5,9,12-13H,3-4,11H2/t9-/m0/s1. The maximum atomic E-state index is 9.53. The summed E-state index contributed by atoms with van der Waals surface area (Å²) in [6.45, 7) is 0.368. The monoisotopic (exact) mass is 201 g/mol.